The van der Waals surface area contributed by atoms with Crippen LogP contribution in [0, 0.1) is 0 Å². The molecule has 2 aliphatic heterocycles. The van der Waals surface area contributed by atoms with E-state index in [-0.39, 0.29) is 11.4 Å². The molecule has 1 unspecified atom stereocenters. The summed E-state index contributed by atoms with van der Waals surface area (Å²) in [6.07, 6.45) is 1.49. The van der Waals surface area contributed by atoms with Crippen LogP contribution >= 0.6 is 34.7 Å². The SMILES string of the molecule is CON=C(C(=O)NC1C(=O)N2C(C(=O)O)=CCS[C@@H]12)c1cc2cc(Cl)ccc2s1. The second-order valence-corrected chi connectivity index (χ2v) is 8.86. The molecule has 1 saturated heterocycles. The highest BCUT2D eigenvalue weighted by Gasteiger charge is 2.53. The quantitative estimate of drug-likeness (QED) is 0.410. The van der Waals surface area contributed by atoms with Gasteiger partial charge in [-0.05, 0) is 35.7 Å². The van der Waals surface area contributed by atoms with Crippen molar-refractivity contribution in [2.75, 3.05) is 12.9 Å². The van der Waals surface area contributed by atoms with E-state index in [0.29, 0.717) is 15.7 Å². The van der Waals surface area contributed by atoms with Gasteiger partial charge in [0.2, 0.25) is 0 Å². The van der Waals surface area contributed by atoms with Crippen LogP contribution in [0.3, 0.4) is 0 Å². The zero-order chi connectivity index (χ0) is 20.7. The molecule has 0 spiro atoms. The molecule has 1 aromatic carbocycles. The van der Waals surface area contributed by atoms with E-state index in [1.165, 1.54) is 41.2 Å². The fourth-order valence-corrected chi connectivity index (χ4v) is 5.56. The number of rotatable bonds is 5. The number of thioether (sulfide) groups is 1. The largest absolute Gasteiger partial charge is 0.477 e. The molecule has 0 saturated carbocycles. The Balaban J connectivity index is 1.56. The molecule has 3 heterocycles. The van der Waals surface area contributed by atoms with Gasteiger partial charge in [0.25, 0.3) is 11.8 Å². The van der Waals surface area contributed by atoms with Crippen molar-refractivity contribution in [3.63, 3.8) is 0 Å². The van der Waals surface area contributed by atoms with Gasteiger partial charge in [0.05, 0.1) is 4.88 Å². The van der Waals surface area contributed by atoms with Crippen molar-refractivity contribution in [2.45, 2.75) is 11.4 Å². The zero-order valence-corrected chi connectivity index (χ0v) is 17.3. The number of nitrogens with zero attached hydrogens (tertiary/aromatic N) is 2. The fraction of sp³-hybridized carbons (Fsp3) is 0.222. The number of carbonyl (C=O) groups excluding carboxylic acids is 2. The van der Waals surface area contributed by atoms with Gasteiger partial charge in [-0.1, -0.05) is 16.8 Å². The van der Waals surface area contributed by atoms with Gasteiger partial charge >= 0.3 is 5.97 Å². The smallest absolute Gasteiger partial charge is 0.352 e. The number of benzene rings is 1. The second-order valence-electron chi connectivity index (χ2n) is 6.19. The van der Waals surface area contributed by atoms with Crippen LogP contribution in [0.4, 0.5) is 0 Å². The highest BCUT2D eigenvalue weighted by molar-refractivity contribution is 8.00. The topological polar surface area (TPSA) is 108 Å². The summed E-state index contributed by atoms with van der Waals surface area (Å²) in [5, 5.41) is 16.7. The number of oxime groups is 1. The fourth-order valence-electron chi connectivity index (χ4n) is 3.17. The number of halogens is 1. The molecular formula is C18H14ClN3O5S2. The molecule has 11 heteroatoms. The summed E-state index contributed by atoms with van der Waals surface area (Å²) in [6.45, 7) is 0. The monoisotopic (exact) mass is 451 g/mol. The van der Waals surface area contributed by atoms with E-state index in [9.17, 15) is 19.5 Å². The van der Waals surface area contributed by atoms with Crippen LogP contribution in [0.2, 0.25) is 5.02 Å². The molecular weight excluding hydrogens is 438 g/mol. The molecule has 2 aromatic rings. The first-order valence-electron chi connectivity index (χ1n) is 8.40. The predicted molar refractivity (Wildman–Crippen MR) is 111 cm³/mol. The van der Waals surface area contributed by atoms with Crippen molar-refractivity contribution < 1.29 is 24.3 Å². The van der Waals surface area contributed by atoms with E-state index in [4.69, 9.17) is 16.4 Å². The van der Waals surface area contributed by atoms with Crippen molar-refractivity contribution in [1.29, 1.82) is 0 Å². The minimum Gasteiger partial charge on any atom is -0.477 e. The summed E-state index contributed by atoms with van der Waals surface area (Å²) in [5.41, 5.74) is -0.0256. The number of thiophene rings is 1. The van der Waals surface area contributed by atoms with Crippen LogP contribution in [0.5, 0.6) is 0 Å². The Hall–Kier alpha value is -2.56. The van der Waals surface area contributed by atoms with Crippen LogP contribution in [0.1, 0.15) is 4.88 Å². The first-order valence-corrected chi connectivity index (χ1v) is 10.6. The molecule has 0 bridgehead atoms. The van der Waals surface area contributed by atoms with Crippen molar-refractivity contribution >= 4 is 68.3 Å². The number of β-lactam (4-membered cyclic amide) rings is 1. The van der Waals surface area contributed by atoms with Crippen LogP contribution in [0.15, 0.2) is 41.2 Å². The number of carbonyl (C=O) groups is 3. The second kappa shape index (κ2) is 7.69. The summed E-state index contributed by atoms with van der Waals surface area (Å²) >= 11 is 8.75. The molecule has 2 N–H and O–H groups in total. The lowest BCUT2D eigenvalue weighted by Gasteiger charge is -2.48. The van der Waals surface area contributed by atoms with E-state index in [1.807, 2.05) is 6.07 Å². The molecule has 1 aromatic heterocycles. The average molecular weight is 452 g/mol. The van der Waals surface area contributed by atoms with Gasteiger partial charge < -0.3 is 15.3 Å². The summed E-state index contributed by atoms with van der Waals surface area (Å²) in [5.74, 6) is -1.77. The Bertz CT molecular complexity index is 1100. The zero-order valence-electron chi connectivity index (χ0n) is 14.9. The van der Waals surface area contributed by atoms with Crippen LogP contribution in [0.25, 0.3) is 10.1 Å². The first kappa shape index (κ1) is 19.7. The number of carboxylic acids is 1. The lowest BCUT2D eigenvalue weighted by molar-refractivity contribution is -0.150. The van der Waals surface area contributed by atoms with Crippen LogP contribution in [-0.2, 0) is 19.2 Å². The molecule has 2 amide bonds. The number of amides is 2. The Labute approximate surface area is 178 Å². The third-order valence-electron chi connectivity index (χ3n) is 4.46. The van der Waals surface area contributed by atoms with Gasteiger partial charge in [-0.2, -0.15) is 0 Å². The summed E-state index contributed by atoms with van der Waals surface area (Å²) in [7, 11) is 1.33. The van der Waals surface area contributed by atoms with Crippen molar-refractivity contribution in [1.82, 2.24) is 10.2 Å². The summed E-state index contributed by atoms with van der Waals surface area (Å²) < 4.78 is 0.922. The Morgan fingerprint density at radius 2 is 2.17 bits per heavy atom. The van der Waals surface area contributed by atoms with Crippen molar-refractivity contribution in [3.8, 4) is 0 Å². The summed E-state index contributed by atoms with van der Waals surface area (Å²) in [6, 6.07) is 6.33. The van der Waals surface area contributed by atoms with Gasteiger partial charge in [0, 0.05) is 15.5 Å². The molecule has 0 radical (unpaired) electrons. The van der Waals surface area contributed by atoms with Gasteiger partial charge in [-0.3, -0.25) is 14.5 Å². The molecule has 4 rings (SSSR count). The van der Waals surface area contributed by atoms with Gasteiger partial charge in [0.1, 0.15) is 24.2 Å². The van der Waals surface area contributed by atoms with E-state index >= 15 is 0 Å². The lowest BCUT2D eigenvalue weighted by atomic mass is 10.0. The summed E-state index contributed by atoms with van der Waals surface area (Å²) in [4.78, 5) is 43.2. The Kier molecular flexibility index (Phi) is 5.24. The molecule has 0 aliphatic carbocycles. The molecule has 2 aliphatic rings. The lowest BCUT2D eigenvalue weighted by Crippen LogP contribution is -2.70. The van der Waals surface area contributed by atoms with E-state index in [2.05, 4.69) is 10.5 Å². The predicted octanol–water partition coefficient (Wildman–Crippen LogP) is 2.27. The standard InChI is InChI=1S/C18H14ClN3O5S2/c1-27-21-13(12-7-8-6-9(19)2-3-11(8)29-12)15(23)20-14-16(24)22-10(18(25)26)4-5-28-17(14)22/h2-4,6-7,14,17H,5H2,1H3,(H,20,23)(H,25,26)/t14?,17-/m0/s1. The Morgan fingerprint density at radius 3 is 2.90 bits per heavy atom. The minimum atomic E-state index is -1.17. The third-order valence-corrected chi connectivity index (χ3v) is 7.00. The van der Waals surface area contributed by atoms with E-state index in [0.717, 1.165) is 10.1 Å². The molecule has 29 heavy (non-hydrogen) atoms. The molecule has 150 valence electrons. The maximum atomic E-state index is 12.9. The highest BCUT2D eigenvalue weighted by atomic mass is 35.5. The maximum Gasteiger partial charge on any atom is 0.352 e. The van der Waals surface area contributed by atoms with Crippen molar-refractivity contribution in [3.05, 3.63) is 45.9 Å². The minimum absolute atomic E-state index is 0.0332. The number of aliphatic carboxylic acids is 1. The number of carboxylic acid groups (broad SMARTS) is 1. The maximum absolute atomic E-state index is 12.9. The van der Waals surface area contributed by atoms with Crippen LogP contribution < -0.4 is 5.32 Å². The average Bonchev–Trinajstić information content (AvgIpc) is 3.11. The number of fused-ring (bicyclic) bond motifs is 2. The number of hydrogen-bond donors (Lipinski definition) is 2. The van der Waals surface area contributed by atoms with Gasteiger partial charge in [0.15, 0.2) is 5.71 Å². The van der Waals surface area contributed by atoms with Crippen molar-refractivity contribution in [2.24, 2.45) is 5.16 Å². The Morgan fingerprint density at radius 1 is 1.38 bits per heavy atom. The van der Waals surface area contributed by atoms with Gasteiger partial charge in [-0.25, -0.2) is 4.79 Å². The van der Waals surface area contributed by atoms with Gasteiger partial charge in [-0.15, -0.1) is 23.1 Å². The third kappa shape index (κ3) is 3.47. The molecule has 2 atom stereocenters. The molecule has 1 fully saturated rings. The van der Waals surface area contributed by atoms with Crippen LogP contribution in [-0.4, -0.2) is 57.8 Å². The molecule has 8 nitrogen and oxygen atoms in total. The highest BCUT2D eigenvalue weighted by Crippen LogP contribution is 2.37. The normalized spacial score (nSPS) is 21.3. The number of nitrogens with one attached hydrogen (secondary N) is 1. The number of hydrogen-bond acceptors (Lipinski definition) is 7. The first-order chi connectivity index (χ1) is 13.9. The van der Waals surface area contributed by atoms with E-state index in [1.54, 1.807) is 18.2 Å². The van der Waals surface area contributed by atoms with E-state index < -0.39 is 29.2 Å².